The molecule has 0 unspecified atom stereocenters. The first kappa shape index (κ1) is 10.2. The summed E-state index contributed by atoms with van der Waals surface area (Å²) in [7, 11) is 0. The first-order valence-corrected chi connectivity index (χ1v) is 4.94. The van der Waals surface area contributed by atoms with E-state index in [2.05, 4.69) is 10.2 Å². The van der Waals surface area contributed by atoms with Gasteiger partial charge in [0.2, 0.25) is 0 Å². The van der Waals surface area contributed by atoms with Crippen molar-refractivity contribution in [1.82, 2.24) is 10.2 Å². The van der Waals surface area contributed by atoms with Gasteiger partial charge in [-0.25, -0.2) is 13.6 Å². The van der Waals surface area contributed by atoms with Crippen LogP contribution in [0.1, 0.15) is 17.8 Å². The predicted molar refractivity (Wildman–Crippen MR) is 46.4 cm³/mol. The number of rotatable bonds is 2. The zero-order chi connectivity index (χ0) is 11.1. The van der Waals surface area contributed by atoms with Crippen molar-refractivity contribution in [3.05, 3.63) is 10.5 Å². The van der Waals surface area contributed by atoms with E-state index in [-0.39, 0.29) is 5.01 Å². The minimum Gasteiger partial charge on any atom is -0.435 e. The first-order chi connectivity index (χ1) is 6.94. The zero-order valence-electron chi connectivity index (χ0n) is 7.44. The number of nitrogens with two attached hydrogens (primary N) is 1. The van der Waals surface area contributed by atoms with Gasteiger partial charge in [-0.15, -0.1) is 21.5 Å². The number of hydrogen-bond donors (Lipinski definition) is 1. The first-order valence-electron chi connectivity index (χ1n) is 4.06. The number of halogens is 2. The van der Waals surface area contributed by atoms with E-state index in [4.69, 9.17) is 10.5 Å². The summed E-state index contributed by atoms with van der Waals surface area (Å²) >= 11 is 1.06. The van der Waals surface area contributed by atoms with Gasteiger partial charge in [0.1, 0.15) is 5.51 Å². The standard InChI is InChI=1S/C7H7F2N3O2S/c8-7(9)1-6(2-7,14-5(10)13)4-12-11-3-15-4/h3H,1-2H2,(H2,10,13). The molecule has 0 aromatic carbocycles. The molecule has 2 rings (SSSR count). The largest absolute Gasteiger partial charge is 0.435 e. The Morgan fingerprint density at radius 2 is 2.27 bits per heavy atom. The van der Waals surface area contributed by atoms with Gasteiger partial charge in [0.15, 0.2) is 10.6 Å². The Kier molecular flexibility index (Phi) is 2.10. The second-order valence-corrected chi connectivity index (χ2v) is 4.20. The van der Waals surface area contributed by atoms with E-state index in [1.165, 1.54) is 5.51 Å². The van der Waals surface area contributed by atoms with Crippen LogP contribution in [0.2, 0.25) is 0 Å². The van der Waals surface area contributed by atoms with Gasteiger partial charge in [0, 0.05) is 0 Å². The van der Waals surface area contributed by atoms with Crippen molar-refractivity contribution in [1.29, 1.82) is 0 Å². The van der Waals surface area contributed by atoms with Crippen LogP contribution in [0.15, 0.2) is 5.51 Å². The number of carbonyl (C=O) groups is 1. The normalized spacial score (nSPS) is 21.7. The van der Waals surface area contributed by atoms with Crippen molar-refractivity contribution in [3.63, 3.8) is 0 Å². The van der Waals surface area contributed by atoms with E-state index in [1.54, 1.807) is 0 Å². The average Bonchev–Trinajstić information content (AvgIpc) is 2.49. The van der Waals surface area contributed by atoms with Gasteiger partial charge in [-0.2, -0.15) is 0 Å². The SMILES string of the molecule is NC(=O)OC1(c2nncs2)CC(F)(F)C1. The number of ether oxygens (including phenoxy) is 1. The Labute approximate surface area is 87.2 Å². The van der Waals surface area contributed by atoms with E-state index in [0.29, 0.717) is 0 Å². The highest BCUT2D eigenvalue weighted by atomic mass is 32.1. The quantitative estimate of drug-likeness (QED) is 0.836. The van der Waals surface area contributed by atoms with Crippen molar-refractivity contribution in [2.75, 3.05) is 0 Å². The van der Waals surface area contributed by atoms with Gasteiger partial charge in [-0.3, -0.25) is 0 Å². The highest BCUT2D eigenvalue weighted by molar-refractivity contribution is 7.09. The molecule has 82 valence electrons. The molecule has 1 aliphatic rings. The molecule has 5 nitrogen and oxygen atoms in total. The summed E-state index contributed by atoms with van der Waals surface area (Å²) in [5.41, 5.74) is 4.84. The van der Waals surface area contributed by atoms with Crippen LogP contribution >= 0.6 is 11.3 Å². The fraction of sp³-hybridized carbons (Fsp3) is 0.571. The summed E-state index contributed by atoms with van der Waals surface area (Å²) in [6.45, 7) is 0. The van der Waals surface area contributed by atoms with Crippen LogP contribution in [0.25, 0.3) is 0 Å². The maximum atomic E-state index is 12.8. The average molecular weight is 235 g/mol. The molecule has 8 heteroatoms. The van der Waals surface area contributed by atoms with Gasteiger partial charge in [0.05, 0.1) is 12.8 Å². The Morgan fingerprint density at radius 3 is 2.67 bits per heavy atom. The number of hydrogen-bond acceptors (Lipinski definition) is 5. The van der Waals surface area contributed by atoms with E-state index in [0.717, 1.165) is 11.3 Å². The van der Waals surface area contributed by atoms with Crippen LogP contribution in [0.5, 0.6) is 0 Å². The Morgan fingerprint density at radius 1 is 1.60 bits per heavy atom. The summed E-state index contributed by atoms with van der Waals surface area (Å²) in [5, 5.41) is 7.40. The van der Waals surface area contributed by atoms with E-state index in [9.17, 15) is 13.6 Å². The minimum atomic E-state index is -2.83. The van der Waals surface area contributed by atoms with E-state index in [1.807, 2.05) is 0 Å². The fourth-order valence-corrected chi connectivity index (χ4v) is 2.30. The highest BCUT2D eigenvalue weighted by Gasteiger charge is 2.62. The molecule has 1 heterocycles. The maximum Gasteiger partial charge on any atom is 0.405 e. The maximum absolute atomic E-state index is 12.8. The summed E-state index contributed by atoms with van der Waals surface area (Å²) in [6.07, 6.45) is -2.25. The van der Waals surface area contributed by atoms with Crippen molar-refractivity contribution in [2.24, 2.45) is 5.73 Å². The van der Waals surface area contributed by atoms with Crippen molar-refractivity contribution in [2.45, 2.75) is 24.4 Å². The number of aromatic nitrogens is 2. The zero-order valence-corrected chi connectivity index (χ0v) is 8.26. The molecule has 1 aromatic rings. The Hall–Kier alpha value is -1.31. The predicted octanol–water partition coefficient (Wildman–Crippen LogP) is 1.26. The molecule has 2 N–H and O–H groups in total. The topological polar surface area (TPSA) is 78.1 Å². The minimum absolute atomic E-state index is 0.257. The monoisotopic (exact) mass is 235 g/mol. The lowest BCUT2D eigenvalue weighted by atomic mass is 9.77. The fourth-order valence-electron chi connectivity index (χ4n) is 1.61. The molecule has 0 bridgehead atoms. The second-order valence-electron chi connectivity index (χ2n) is 3.37. The third-order valence-corrected chi connectivity index (χ3v) is 3.01. The van der Waals surface area contributed by atoms with Crippen molar-refractivity contribution >= 4 is 17.4 Å². The molecule has 15 heavy (non-hydrogen) atoms. The number of nitrogens with zero attached hydrogens (tertiary/aromatic N) is 2. The molecule has 0 radical (unpaired) electrons. The highest BCUT2D eigenvalue weighted by Crippen LogP contribution is 2.54. The molecule has 1 fully saturated rings. The smallest absolute Gasteiger partial charge is 0.405 e. The van der Waals surface area contributed by atoms with Gasteiger partial charge < -0.3 is 10.5 Å². The van der Waals surface area contributed by atoms with Gasteiger partial charge in [-0.1, -0.05) is 0 Å². The second kappa shape index (κ2) is 3.09. The van der Waals surface area contributed by atoms with Gasteiger partial charge in [-0.05, 0) is 0 Å². The van der Waals surface area contributed by atoms with Crippen LogP contribution < -0.4 is 5.73 Å². The molecule has 1 aromatic heterocycles. The molecule has 1 amide bonds. The Balaban J connectivity index is 2.23. The lowest BCUT2D eigenvalue weighted by molar-refractivity contribution is -0.208. The van der Waals surface area contributed by atoms with Crippen LogP contribution in [0, 0.1) is 0 Å². The number of amides is 1. The molecule has 1 aliphatic carbocycles. The lowest BCUT2D eigenvalue weighted by Gasteiger charge is -2.43. The van der Waals surface area contributed by atoms with Crippen LogP contribution in [-0.2, 0) is 10.3 Å². The third-order valence-electron chi connectivity index (χ3n) is 2.13. The summed E-state index contributed by atoms with van der Waals surface area (Å²) in [5.74, 6) is -2.83. The van der Waals surface area contributed by atoms with Gasteiger partial charge >= 0.3 is 6.09 Å². The molecule has 0 atom stereocenters. The van der Waals surface area contributed by atoms with Crippen molar-refractivity contribution in [3.8, 4) is 0 Å². The van der Waals surface area contributed by atoms with E-state index < -0.39 is 30.5 Å². The number of carbonyl (C=O) groups excluding carboxylic acids is 1. The molecular formula is C7H7F2N3O2S. The number of primary amides is 1. The van der Waals surface area contributed by atoms with Crippen molar-refractivity contribution < 1.29 is 18.3 Å². The number of alkyl halides is 2. The molecule has 0 spiro atoms. The van der Waals surface area contributed by atoms with Crippen LogP contribution in [-0.4, -0.2) is 22.2 Å². The van der Waals surface area contributed by atoms with E-state index >= 15 is 0 Å². The summed E-state index contributed by atoms with van der Waals surface area (Å²) in [6, 6.07) is 0. The third kappa shape index (κ3) is 1.76. The van der Waals surface area contributed by atoms with Crippen LogP contribution in [0.3, 0.4) is 0 Å². The summed E-state index contributed by atoms with van der Waals surface area (Å²) in [4.78, 5) is 10.6. The van der Waals surface area contributed by atoms with Gasteiger partial charge in [0.25, 0.3) is 5.92 Å². The molecule has 0 saturated heterocycles. The van der Waals surface area contributed by atoms with Crippen LogP contribution in [0.4, 0.5) is 13.6 Å². The summed E-state index contributed by atoms with van der Waals surface area (Å²) < 4.78 is 30.3. The molecule has 1 saturated carbocycles. The lowest BCUT2D eigenvalue weighted by Crippen LogP contribution is -2.52. The Bertz CT molecular complexity index is 374. The molecular weight excluding hydrogens is 228 g/mol. The molecule has 0 aliphatic heterocycles.